The maximum Gasteiger partial charge on any atom is 0.303 e. The Morgan fingerprint density at radius 3 is 2.60 bits per heavy atom. The normalized spacial score (nSPS) is 7.70. The molecule has 0 aromatic rings. The van der Waals surface area contributed by atoms with E-state index in [2.05, 4.69) is 4.74 Å². The Morgan fingerprint density at radius 1 is 1.60 bits per heavy atom. The van der Waals surface area contributed by atoms with Crippen LogP contribution >= 0.6 is 0 Å². The monoisotopic (exact) mass is 313 g/mol. The zero-order valence-electron chi connectivity index (χ0n) is 5.75. The van der Waals surface area contributed by atoms with E-state index in [0.29, 0.717) is 6.61 Å². The molecule has 58 valence electrons. The van der Waals surface area contributed by atoms with Gasteiger partial charge in [0.1, 0.15) is 0 Å². The van der Waals surface area contributed by atoms with Gasteiger partial charge in [-0.15, -0.1) is 6.42 Å². The van der Waals surface area contributed by atoms with Gasteiger partial charge in [-0.05, 0) is 6.92 Å². The van der Waals surface area contributed by atoms with E-state index in [9.17, 15) is 9.59 Å². The second-order valence-corrected chi connectivity index (χ2v) is 1.45. The quantitative estimate of drug-likeness (QED) is 0.559. The van der Waals surface area contributed by atoms with Crippen molar-refractivity contribution in [2.24, 2.45) is 0 Å². The number of hydrogen-bond donors (Lipinski definition) is 0. The van der Waals surface area contributed by atoms with Crippen LogP contribution in [0.2, 0.25) is 0 Å². The van der Waals surface area contributed by atoms with E-state index in [1.807, 2.05) is 0 Å². The van der Waals surface area contributed by atoms with Gasteiger partial charge >= 0.3 is 5.97 Å². The molecule has 0 fully saturated rings. The maximum absolute atomic E-state index is 10.4. The van der Waals surface area contributed by atoms with Crippen LogP contribution in [-0.4, -0.2) is 18.9 Å². The first-order chi connectivity index (χ1) is 4.31. The molecule has 0 aliphatic carbocycles. The van der Waals surface area contributed by atoms with E-state index in [-0.39, 0.29) is 39.9 Å². The van der Waals surface area contributed by atoms with Crippen molar-refractivity contribution in [3.63, 3.8) is 0 Å². The average molecular weight is 313 g/mol. The molecule has 0 amide bonds. The van der Waals surface area contributed by atoms with E-state index in [4.69, 9.17) is 0 Å². The van der Waals surface area contributed by atoms with Gasteiger partial charge in [-0.2, -0.15) is 0 Å². The van der Waals surface area contributed by atoms with Gasteiger partial charge in [0.25, 0.3) is 0 Å². The molecule has 0 unspecified atom stereocenters. The number of carbonyl (C=O) groups excluding carboxylic acids is 2. The molecule has 0 spiro atoms. The Bertz CT molecular complexity index is 103. The van der Waals surface area contributed by atoms with Gasteiger partial charge in [0.05, 0.1) is 6.61 Å². The van der Waals surface area contributed by atoms with E-state index in [1.54, 1.807) is 13.2 Å². The van der Waals surface area contributed by atoms with Crippen LogP contribution in [0.4, 0.5) is 0 Å². The third kappa shape index (κ3) is 7.83. The molecular formula is C6H9O3W-. The molecule has 0 saturated heterocycles. The molecule has 0 radical (unpaired) electrons. The van der Waals surface area contributed by atoms with E-state index in [0.717, 1.165) is 0 Å². The van der Waals surface area contributed by atoms with Crippen LogP contribution in [0.1, 0.15) is 19.8 Å². The zero-order valence-corrected chi connectivity index (χ0v) is 8.69. The first-order valence-electron chi connectivity index (χ1n) is 2.82. The first-order valence-corrected chi connectivity index (χ1v) is 2.82. The molecule has 10 heavy (non-hydrogen) atoms. The molecule has 4 heteroatoms. The van der Waals surface area contributed by atoms with Gasteiger partial charge in [0.2, 0.25) is 0 Å². The van der Waals surface area contributed by atoms with Crippen LogP contribution in [0.25, 0.3) is 0 Å². The summed E-state index contributed by atoms with van der Waals surface area (Å²) in [6, 6.07) is 0. The summed E-state index contributed by atoms with van der Waals surface area (Å²) in [6.45, 7) is 2.10. The summed E-state index contributed by atoms with van der Waals surface area (Å²) in [5, 5.41) is 0. The smallest absolute Gasteiger partial charge is 0.303 e. The Hall–Kier alpha value is -0.172. The number of ether oxygens (including phenoxy) is 1. The van der Waals surface area contributed by atoms with Gasteiger partial charge in [-0.25, -0.2) is 0 Å². The number of rotatable bonds is 4. The summed E-state index contributed by atoms with van der Waals surface area (Å²) < 4.78 is 4.53. The Labute approximate surface area is 74.4 Å². The van der Waals surface area contributed by atoms with Crippen LogP contribution in [0.15, 0.2) is 0 Å². The van der Waals surface area contributed by atoms with E-state index < -0.39 is 0 Å². The molecule has 0 bridgehead atoms. The summed E-state index contributed by atoms with van der Waals surface area (Å²) in [5.41, 5.74) is 0. The van der Waals surface area contributed by atoms with Gasteiger partial charge in [0, 0.05) is 27.5 Å². The standard InChI is InChI=1S/C6H9O3.W/c1-2-9-6(8)4-3-5-7;/h2-4H2,1H3;/q-1;. The molecule has 0 N–H and O–H groups in total. The Balaban J connectivity index is 0. The molecule has 0 aromatic carbocycles. The predicted octanol–water partition coefficient (Wildman–Crippen LogP) is 0.437. The van der Waals surface area contributed by atoms with Crippen LogP contribution in [-0.2, 0) is 35.4 Å². The van der Waals surface area contributed by atoms with Crippen molar-refractivity contribution in [2.75, 3.05) is 6.61 Å². The number of hydrogen-bond acceptors (Lipinski definition) is 3. The van der Waals surface area contributed by atoms with Crippen LogP contribution in [0.3, 0.4) is 0 Å². The van der Waals surface area contributed by atoms with Crippen molar-refractivity contribution < 1.29 is 35.4 Å². The summed E-state index contributed by atoms with van der Waals surface area (Å²) in [6.07, 6.45) is 1.89. The molecule has 0 saturated carbocycles. The molecule has 0 aliphatic rings. The fourth-order valence-electron chi connectivity index (χ4n) is 0.386. The van der Waals surface area contributed by atoms with Crippen molar-refractivity contribution in [1.82, 2.24) is 0 Å². The van der Waals surface area contributed by atoms with Crippen LogP contribution in [0, 0.1) is 0 Å². The SMILES string of the molecule is CCOC(=O)CC[C-]=O.[W]. The zero-order chi connectivity index (χ0) is 7.11. The topological polar surface area (TPSA) is 43.4 Å². The summed E-state index contributed by atoms with van der Waals surface area (Å²) in [4.78, 5) is 20.0. The van der Waals surface area contributed by atoms with Gasteiger partial charge in [0.15, 0.2) is 0 Å². The molecule has 0 heterocycles. The van der Waals surface area contributed by atoms with Gasteiger partial charge in [-0.3, -0.25) is 11.1 Å². The van der Waals surface area contributed by atoms with Gasteiger partial charge in [-0.1, -0.05) is 0 Å². The molecule has 3 nitrogen and oxygen atoms in total. The summed E-state index contributed by atoms with van der Waals surface area (Å²) in [5.74, 6) is -0.333. The van der Waals surface area contributed by atoms with Crippen molar-refractivity contribution in [1.29, 1.82) is 0 Å². The van der Waals surface area contributed by atoms with Crippen molar-refractivity contribution in [2.45, 2.75) is 19.8 Å². The largest absolute Gasteiger partial charge is 0.542 e. The molecule has 0 aliphatic heterocycles. The average Bonchev–Trinajstić information content (AvgIpc) is 1.85. The Morgan fingerprint density at radius 2 is 2.20 bits per heavy atom. The van der Waals surface area contributed by atoms with Crippen molar-refractivity contribution in [3.05, 3.63) is 0 Å². The Kier molecular flexibility index (Phi) is 11.0. The number of esters is 1. The molecular weight excluding hydrogens is 304 g/mol. The van der Waals surface area contributed by atoms with E-state index in [1.165, 1.54) is 0 Å². The molecule has 0 rings (SSSR count). The minimum absolute atomic E-state index is 0. The second-order valence-electron chi connectivity index (χ2n) is 1.45. The van der Waals surface area contributed by atoms with Crippen molar-refractivity contribution in [3.8, 4) is 0 Å². The number of carbonyl (C=O) groups is 1. The maximum atomic E-state index is 10.4. The predicted molar refractivity (Wildman–Crippen MR) is 31.6 cm³/mol. The van der Waals surface area contributed by atoms with Crippen molar-refractivity contribution >= 4 is 12.3 Å². The van der Waals surface area contributed by atoms with Crippen LogP contribution < -0.4 is 0 Å². The fourth-order valence-corrected chi connectivity index (χ4v) is 0.386. The first kappa shape index (κ1) is 12.5. The molecule has 0 aromatic heterocycles. The van der Waals surface area contributed by atoms with E-state index >= 15 is 0 Å². The summed E-state index contributed by atoms with van der Waals surface area (Å²) >= 11 is 0. The minimum Gasteiger partial charge on any atom is -0.542 e. The molecule has 0 atom stereocenters. The second kappa shape index (κ2) is 8.83. The minimum atomic E-state index is -0.333. The van der Waals surface area contributed by atoms with Gasteiger partial charge < -0.3 is 9.53 Å². The fraction of sp³-hybridized carbons (Fsp3) is 0.667. The third-order valence-electron chi connectivity index (χ3n) is 0.737. The third-order valence-corrected chi connectivity index (χ3v) is 0.737. The summed E-state index contributed by atoms with van der Waals surface area (Å²) in [7, 11) is 0. The van der Waals surface area contributed by atoms with Crippen LogP contribution in [0.5, 0.6) is 0 Å².